The number of nitrogens with zero attached hydrogens (tertiary/aromatic N) is 3. The molecular formula is C29H43Cl2N5O. The van der Waals surface area contributed by atoms with Gasteiger partial charge in [-0.2, -0.15) is 0 Å². The van der Waals surface area contributed by atoms with Gasteiger partial charge in [0.15, 0.2) is 0 Å². The largest absolute Gasteiger partial charge is 0.382 e. The standard InChI is InChI=1S/C29H43Cl2N5O/c30-23-12-13-25(26(31)18-23)29(37,20-34-24-10-8-6-4-2-1-3-5-7-9-11-24)21-36-17-16-32-19-28(36)27-14-15-33-22-35-27/h12-15,18,22,24,28,32,34,37H,1-11,16-17,19-21H2. The molecule has 2 aliphatic rings. The summed E-state index contributed by atoms with van der Waals surface area (Å²) in [6.07, 6.45) is 17.6. The van der Waals surface area contributed by atoms with Gasteiger partial charge in [-0.25, -0.2) is 9.97 Å². The van der Waals surface area contributed by atoms with E-state index in [1.54, 1.807) is 18.6 Å². The number of piperazine rings is 1. The van der Waals surface area contributed by atoms with Crippen LogP contribution >= 0.6 is 23.2 Å². The molecule has 2 atom stereocenters. The predicted molar refractivity (Wildman–Crippen MR) is 152 cm³/mol. The number of rotatable bonds is 7. The third-order valence-electron chi connectivity index (χ3n) is 7.99. The molecule has 2 fully saturated rings. The van der Waals surface area contributed by atoms with E-state index < -0.39 is 5.60 Å². The van der Waals surface area contributed by atoms with Crippen molar-refractivity contribution in [1.82, 2.24) is 25.5 Å². The molecule has 1 saturated heterocycles. The highest BCUT2D eigenvalue weighted by atomic mass is 35.5. The summed E-state index contributed by atoms with van der Waals surface area (Å²) in [5.74, 6) is 0. The SMILES string of the molecule is OC(CNC1CCCCCCCCCCC1)(CN1CCNCC1c1ccncn1)c1ccc(Cl)cc1Cl. The van der Waals surface area contributed by atoms with E-state index in [-0.39, 0.29) is 6.04 Å². The zero-order valence-corrected chi connectivity index (χ0v) is 23.5. The van der Waals surface area contributed by atoms with Gasteiger partial charge in [0.25, 0.3) is 0 Å². The Morgan fingerprint density at radius 3 is 2.35 bits per heavy atom. The van der Waals surface area contributed by atoms with E-state index in [0.717, 1.165) is 43.7 Å². The first-order chi connectivity index (χ1) is 18.0. The second-order valence-corrected chi connectivity index (χ2v) is 11.7. The Kier molecular flexibility index (Phi) is 11.5. The molecule has 2 heterocycles. The fraction of sp³-hybridized carbons (Fsp3) is 0.655. The molecule has 2 unspecified atom stereocenters. The maximum absolute atomic E-state index is 12.3. The van der Waals surface area contributed by atoms with Gasteiger partial charge in [0, 0.05) is 60.6 Å². The molecule has 1 aromatic carbocycles. The highest BCUT2D eigenvalue weighted by molar-refractivity contribution is 6.35. The lowest BCUT2D eigenvalue weighted by atomic mass is 9.90. The normalized spacial score (nSPS) is 23.1. The molecule has 1 saturated carbocycles. The third kappa shape index (κ3) is 8.61. The van der Waals surface area contributed by atoms with Crippen molar-refractivity contribution in [3.63, 3.8) is 0 Å². The summed E-state index contributed by atoms with van der Waals surface area (Å²) in [6, 6.07) is 7.85. The van der Waals surface area contributed by atoms with Gasteiger partial charge in [-0.3, -0.25) is 4.90 Å². The van der Waals surface area contributed by atoms with Gasteiger partial charge >= 0.3 is 0 Å². The van der Waals surface area contributed by atoms with Gasteiger partial charge in [-0.05, 0) is 31.0 Å². The molecule has 0 radical (unpaired) electrons. The molecule has 2 aromatic rings. The minimum Gasteiger partial charge on any atom is -0.382 e. The van der Waals surface area contributed by atoms with Gasteiger partial charge in [0.1, 0.15) is 11.9 Å². The maximum Gasteiger partial charge on any atom is 0.116 e. The molecule has 8 heteroatoms. The number of hydrogen-bond donors (Lipinski definition) is 3. The fourth-order valence-corrected chi connectivity index (χ4v) is 6.43. The number of aromatic nitrogens is 2. The Labute approximate surface area is 232 Å². The number of β-amino-alcohol motifs (C(OH)–C–C–N with tert-alkyl or cyclic N) is 1. The molecule has 6 nitrogen and oxygen atoms in total. The van der Waals surface area contributed by atoms with E-state index in [1.807, 2.05) is 18.2 Å². The highest BCUT2D eigenvalue weighted by Crippen LogP contribution is 2.34. The maximum atomic E-state index is 12.3. The Balaban J connectivity index is 1.53. The van der Waals surface area contributed by atoms with Crippen molar-refractivity contribution in [3.8, 4) is 0 Å². The van der Waals surface area contributed by atoms with Crippen LogP contribution in [0.15, 0.2) is 36.8 Å². The quantitative estimate of drug-likeness (QED) is 0.401. The Morgan fingerprint density at radius 1 is 1.00 bits per heavy atom. The van der Waals surface area contributed by atoms with Crippen molar-refractivity contribution >= 4 is 23.2 Å². The molecular weight excluding hydrogens is 505 g/mol. The van der Waals surface area contributed by atoms with Crippen LogP contribution in [-0.4, -0.2) is 58.7 Å². The van der Waals surface area contributed by atoms with E-state index in [9.17, 15) is 5.11 Å². The predicted octanol–water partition coefficient (Wildman–Crippen LogP) is 5.88. The van der Waals surface area contributed by atoms with Crippen molar-refractivity contribution in [2.45, 2.75) is 88.3 Å². The van der Waals surface area contributed by atoms with Crippen LogP contribution in [0.1, 0.15) is 87.9 Å². The van der Waals surface area contributed by atoms with E-state index in [0.29, 0.717) is 29.2 Å². The average molecular weight is 549 g/mol. The molecule has 3 N–H and O–H groups in total. The first-order valence-electron chi connectivity index (χ1n) is 14.2. The summed E-state index contributed by atoms with van der Waals surface area (Å²) in [4.78, 5) is 10.9. The monoisotopic (exact) mass is 547 g/mol. The average Bonchev–Trinajstić information content (AvgIpc) is 2.89. The Morgan fingerprint density at radius 2 is 1.70 bits per heavy atom. The van der Waals surface area contributed by atoms with E-state index in [4.69, 9.17) is 23.2 Å². The lowest BCUT2D eigenvalue weighted by molar-refractivity contribution is -0.0209. The number of hydrogen-bond acceptors (Lipinski definition) is 6. The molecule has 0 spiro atoms. The molecule has 1 aliphatic carbocycles. The second kappa shape index (κ2) is 14.8. The van der Waals surface area contributed by atoms with Gasteiger partial charge in [0.2, 0.25) is 0 Å². The van der Waals surface area contributed by atoms with Crippen LogP contribution in [0.4, 0.5) is 0 Å². The van der Waals surface area contributed by atoms with E-state index in [2.05, 4.69) is 25.5 Å². The second-order valence-electron chi connectivity index (χ2n) is 10.8. The molecule has 204 valence electrons. The zero-order valence-electron chi connectivity index (χ0n) is 22.0. The third-order valence-corrected chi connectivity index (χ3v) is 8.53. The summed E-state index contributed by atoms with van der Waals surface area (Å²) in [6.45, 7) is 3.34. The van der Waals surface area contributed by atoms with Gasteiger partial charge in [-0.1, -0.05) is 87.1 Å². The van der Waals surface area contributed by atoms with Crippen LogP contribution in [0.3, 0.4) is 0 Å². The van der Waals surface area contributed by atoms with Crippen LogP contribution in [0.2, 0.25) is 10.0 Å². The van der Waals surface area contributed by atoms with Crippen molar-refractivity contribution in [3.05, 3.63) is 58.1 Å². The van der Waals surface area contributed by atoms with Crippen LogP contribution in [0, 0.1) is 0 Å². The smallest absolute Gasteiger partial charge is 0.116 e. The van der Waals surface area contributed by atoms with Crippen molar-refractivity contribution < 1.29 is 5.11 Å². The van der Waals surface area contributed by atoms with Crippen LogP contribution in [0.5, 0.6) is 0 Å². The van der Waals surface area contributed by atoms with E-state index in [1.165, 1.54) is 57.8 Å². The summed E-state index contributed by atoms with van der Waals surface area (Å²) in [5, 5.41) is 20.7. The van der Waals surface area contributed by atoms with Crippen molar-refractivity contribution in [2.24, 2.45) is 0 Å². The lowest BCUT2D eigenvalue weighted by Crippen LogP contribution is -2.54. The lowest BCUT2D eigenvalue weighted by Gasteiger charge is -2.42. The first kappa shape index (κ1) is 28.7. The zero-order chi connectivity index (χ0) is 25.9. The molecule has 37 heavy (non-hydrogen) atoms. The number of halogens is 2. The summed E-state index contributed by atoms with van der Waals surface area (Å²) in [5.41, 5.74) is 0.506. The van der Waals surface area contributed by atoms with Crippen LogP contribution < -0.4 is 10.6 Å². The number of benzene rings is 1. The summed E-state index contributed by atoms with van der Waals surface area (Å²) < 4.78 is 0. The Bertz CT molecular complexity index is 937. The topological polar surface area (TPSA) is 73.3 Å². The fourth-order valence-electron chi connectivity index (χ4n) is 5.85. The minimum atomic E-state index is -1.17. The van der Waals surface area contributed by atoms with Crippen LogP contribution in [0.25, 0.3) is 0 Å². The van der Waals surface area contributed by atoms with Crippen LogP contribution in [-0.2, 0) is 5.60 Å². The molecule has 0 bridgehead atoms. The first-order valence-corrected chi connectivity index (χ1v) is 14.9. The minimum absolute atomic E-state index is 0.0516. The summed E-state index contributed by atoms with van der Waals surface area (Å²) in [7, 11) is 0. The number of aliphatic hydroxyl groups is 1. The summed E-state index contributed by atoms with van der Waals surface area (Å²) >= 11 is 12.9. The Hall–Kier alpha value is -1.28. The van der Waals surface area contributed by atoms with Crippen molar-refractivity contribution in [2.75, 3.05) is 32.7 Å². The van der Waals surface area contributed by atoms with Gasteiger partial charge < -0.3 is 15.7 Å². The van der Waals surface area contributed by atoms with E-state index >= 15 is 0 Å². The molecule has 1 aliphatic heterocycles. The van der Waals surface area contributed by atoms with Gasteiger partial charge in [0.05, 0.1) is 11.7 Å². The number of nitrogens with one attached hydrogen (secondary N) is 2. The molecule has 4 rings (SSSR count). The van der Waals surface area contributed by atoms with Crippen molar-refractivity contribution in [1.29, 1.82) is 0 Å². The highest BCUT2D eigenvalue weighted by Gasteiger charge is 2.37. The van der Waals surface area contributed by atoms with Gasteiger partial charge in [-0.15, -0.1) is 0 Å². The molecule has 1 aromatic heterocycles. The molecule has 0 amide bonds.